The number of oxime groups is 1. The minimum absolute atomic E-state index is 0.0145. The second-order valence-electron chi connectivity index (χ2n) is 11.5. The van der Waals surface area contributed by atoms with Crippen molar-refractivity contribution in [2.24, 2.45) is 11.1 Å². The second-order valence-corrected chi connectivity index (χ2v) is 11.5. The molecule has 6 N–H and O–H groups in total. The topological polar surface area (TPSA) is 118 Å². The molecule has 8 nitrogen and oxygen atoms in total. The Bertz CT molecular complexity index is 1350. The molecule has 3 aromatic rings. The maximum absolute atomic E-state index is 14.0. The molecule has 1 amide bonds. The third kappa shape index (κ3) is 7.59. The van der Waals surface area contributed by atoms with Gasteiger partial charge in [0, 0.05) is 31.4 Å². The Morgan fingerprint density at radius 1 is 1.00 bits per heavy atom. The molecule has 41 heavy (non-hydrogen) atoms. The lowest BCUT2D eigenvalue weighted by atomic mass is 9.81. The largest absolute Gasteiger partial charge is 0.408 e. The van der Waals surface area contributed by atoms with Gasteiger partial charge in [0.05, 0.1) is 17.6 Å². The number of carbonyl (C=O) groups excluding carboxylic acids is 1. The van der Waals surface area contributed by atoms with Crippen LogP contribution in [0, 0.1) is 17.6 Å². The van der Waals surface area contributed by atoms with Crippen LogP contribution in [-0.2, 0) is 22.2 Å². The molecule has 10 heteroatoms. The summed E-state index contributed by atoms with van der Waals surface area (Å²) in [7, 11) is 0. The van der Waals surface area contributed by atoms with E-state index in [1.165, 1.54) is 0 Å². The van der Waals surface area contributed by atoms with Crippen LogP contribution in [0.2, 0.25) is 0 Å². The number of nitrogens with zero attached hydrogens (tertiary/aromatic N) is 1. The van der Waals surface area contributed by atoms with Crippen LogP contribution in [-0.4, -0.2) is 47.9 Å². The summed E-state index contributed by atoms with van der Waals surface area (Å²) in [4.78, 5) is 13.4. The summed E-state index contributed by atoms with van der Waals surface area (Å²) in [6, 6.07) is 20.0. The van der Waals surface area contributed by atoms with Crippen LogP contribution in [0.4, 0.5) is 14.5 Å². The number of rotatable bonds is 9. The molecule has 0 saturated carbocycles. The predicted molar refractivity (Wildman–Crippen MR) is 155 cm³/mol. The number of para-hydroxylation sites is 1. The molecule has 1 saturated heterocycles. The summed E-state index contributed by atoms with van der Waals surface area (Å²) >= 11 is 0. The third-order valence-corrected chi connectivity index (χ3v) is 7.37. The van der Waals surface area contributed by atoms with E-state index in [-0.39, 0.29) is 29.9 Å². The van der Waals surface area contributed by atoms with Crippen molar-refractivity contribution in [3.63, 3.8) is 0 Å². The average molecular weight is 566 g/mol. The monoisotopic (exact) mass is 565 g/mol. The van der Waals surface area contributed by atoms with Crippen molar-refractivity contribution >= 4 is 17.6 Å². The minimum atomic E-state index is -1.22. The number of nitrogens with one attached hydrogen (secondary N) is 4. The number of hydrogen-bond donors (Lipinski definition) is 6. The van der Waals surface area contributed by atoms with Gasteiger partial charge in [-0.05, 0) is 52.8 Å². The van der Waals surface area contributed by atoms with Crippen molar-refractivity contribution in [2.45, 2.75) is 44.2 Å². The van der Waals surface area contributed by atoms with Crippen molar-refractivity contribution in [2.75, 3.05) is 25.0 Å². The summed E-state index contributed by atoms with van der Waals surface area (Å²) in [5.74, 6) is -2.79. The quantitative estimate of drug-likeness (QED) is 0.173. The Morgan fingerprint density at radius 3 is 2.27 bits per heavy atom. The molecule has 1 aliphatic heterocycles. The fourth-order valence-corrected chi connectivity index (χ4v) is 4.96. The van der Waals surface area contributed by atoms with Crippen molar-refractivity contribution < 1.29 is 23.9 Å². The van der Waals surface area contributed by atoms with E-state index >= 15 is 0 Å². The van der Waals surface area contributed by atoms with Crippen LogP contribution < -0.4 is 21.3 Å². The zero-order chi connectivity index (χ0) is 29.6. The zero-order valence-electron chi connectivity index (χ0n) is 23.4. The molecule has 2 atom stereocenters. The van der Waals surface area contributed by atoms with Crippen molar-refractivity contribution in [3.05, 3.63) is 101 Å². The fraction of sp³-hybridized carbons (Fsp3) is 0.355. The molecule has 1 aliphatic rings. The molecule has 0 aromatic heterocycles. The van der Waals surface area contributed by atoms with Gasteiger partial charge in [0.15, 0.2) is 0 Å². The SMILES string of the molecule is CC(C)(C)c1cccc(C2(NCC(O)C(Cc3cc(F)cc(F)c3)C(=O)Nc3ccccc3)CNC(=NO)NC2)c1. The summed E-state index contributed by atoms with van der Waals surface area (Å²) < 4.78 is 28.0. The van der Waals surface area contributed by atoms with Gasteiger partial charge in [-0.2, -0.15) is 0 Å². The Balaban J connectivity index is 1.61. The average Bonchev–Trinajstić information content (AvgIpc) is 2.94. The molecule has 0 bridgehead atoms. The predicted octanol–water partition coefficient (Wildman–Crippen LogP) is 3.84. The van der Waals surface area contributed by atoms with E-state index in [0.717, 1.165) is 29.3 Å². The number of aliphatic hydroxyl groups excluding tert-OH is 1. The van der Waals surface area contributed by atoms with Crippen molar-refractivity contribution in [3.8, 4) is 0 Å². The molecule has 4 rings (SSSR count). The lowest BCUT2D eigenvalue weighted by molar-refractivity contribution is -0.123. The molecule has 3 aromatic carbocycles. The minimum Gasteiger partial charge on any atom is -0.408 e. The van der Waals surface area contributed by atoms with Gasteiger partial charge in [0.2, 0.25) is 11.9 Å². The summed E-state index contributed by atoms with van der Waals surface area (Å²) in [6.45, 7) is 7.00. The van der Waals surface area contributed by atoms with E-state index in [1.54, 1.807) is 24.3 Å². The second kappa shape index (κ2) is 12.7. The molecule has 1 heterocycles. The van der Waals surface area contributed by atoms with E-state index in [4.69, 9.17) is 0 Å². The Labute approximate surface area is 238 Å². The lowest BCUT2D eigenvalue weighted by Gasteiger charge is -2.41. The molecule has 2 unspecified atom stereocenters. The highest BCUT2D eigenvalue weighted by Crippen LogP contribution is 2.29. The number of guanidine groups is 1. The van der Waals surface area contributed by atoms with Gasteiger partial charge >= 0.3 is 0 Å². The summed E-state index contributed by atoms with van der Waals surface area (Å²) in [6.07, 6.45) is -1.30. The molecule has 218 valence electrons. The van der Waals surface area contributed by atoms with Gasteiger partial charge in [-0.15, -0.1) is 0 Å². The number of halogens is 2. The van der Waals surface area contributed by atoms with Crippen LogP contribution >= 0.6 is 0 Å². The van der Waals surface area contributed by atoms with Crippen LogP contribution in [0.5, 0.6) is 0 Å². The van der Waals surface area contributed by atoms with Crippen molar-refractivity contribution in [1.82, 2.24) is 16.0 Å². The highest BCUT2D eigenvalue weighted by molar-refractivity contribution is 5.93. The van der Waals surface area contributed by atoms with Gasteiger partial charge in [-0.3, -0.25) is 4.79 Å². The number of aliphatic hydroxyl groups is 1. The van der Waals surface area contributed by atoms with Gasteiger partial charge in [-0.25, -0.2) is 8.78 Å². The first-order valence-corrected chi connectivity index (χ1v) is 13.5. The van der Waals surface area contributed by atoms with Gasteiger partial charge < -0.3 is 31.6 Å². The molecule has 0 aliphatic carbocycles. The van der Waals surface area contributed by atoms with Crippen LogP contribution in [0.3, 0.4) is 0 Å². The van der Waals surface area contributed by atoms with E-state index in [9.17, 15) is 23.9 Å². The first kappa shape index (κ1) is 30.0. The van der Waals surface area contributed by atoms with Crippen LogP contribution in [0.1, 0.15) is 37.5 Å². The maximum atomic E-state index is 14.0. The van der Waals surface area contributed by atoms with Gasteiger partial charge in [0.25, 0.3) is 0 Å². The van der Waals surface area contributed by atoms with Gasteiger partial charge in [0.1, 0.15) is 11.6 Å². The Hall–Kier alpha value is -4.02. The van der Waals surface area contributed by atoms with E-state index in [2.05, 4.69) is 59.3 Å². The van der Waals surface area contributed by atoms with Crippen LogP contribution in [0.25, 0.3) is 0 Å². The molecule has 1 fully saturated rings. The van der Waals surface area contributed by atoms with E-state index < -0.39 is 35.1 Å². The lowest BCUT2D eigenvalue weighted by Crippen LogP contribution is -2.65. The Kier molecular flexibility index (Phi) is 9.25. The zero-order valence-corrected chi connectivity index (χ0v) is 23.4. The molecular formula is C31H37F2N5O3. The fourth-order valence-electron chi connectivity index (χ4n) is 4.96. The first-order valence-electron chi connectivity index (χ1n) is 13.5. The summed E-state index contributed by atoms with van der Waals surface area (Å²) in [5.41, 5.74) is 2.00. The highest BCUT2D eigenvalue weighted by Gasteiger charge is 2.38. The smallest absolute Gasteiger partial charge is 0.233 e. The number of anilines is 1. The molecule has 0 radical (unpaired) electrons. The van der Waals surface area contributed by atoms with Crippen LogP contribution in [0.15, 0.2) is 78.0 Å². The Morgan fingerprint density at radius 2 is 1.66 bits per heavy atom. The number of carbonyl (C=O) groups is 1. The normalized spacial score (nSPS) is 18.5. The third-order valence-electron chi connectivity index (χ3n) is 7.37. The number of amides is 1. The first-order chi connectivity index (χ1) is 19.5. The molecular weight excluding hydrogens is 528 g/mol. The van der Waals surface area contributed by atoms with Crippen molar-refractivity contribution in [1.29, 1.82) is 0 Å². The van der Waals surface area contributed by atoms with E-state index in [0.29, 0.717) is 18.8 Å². The summed E-state index contributed by atoms with van der Waals surface area (Å²) in [5, 5.41) is 36.2. The van der Waals surface area contributed by atoms with Gasteiger partial charge in [-0.1, -0.05) is 68.4 Å². The standard InChI is InChI=1S/C31H37F2N5O3/c1-30(2,3)21-8-7-9-22(15-21)31(18-34-29(38-41)35-19-31)36-17-27(39)26(14-20-12-23(32)16-24(33)13-20)28(40)37-25-10-5-4-6-11-25/h4-13,15-16,26-27,36,39,41H,14,17-19H2,1-3H3,(H,37,40)(H2,34,35,38). The molecule has 0 spiro atoms. The number of benzene rings is 3. The highest BCUT2D eigenvalue weighted by atomic mass is 19.1. The maximum Gasteiger partial charge on any atom is 0.233 e. The van der Waals surface area contributed by atoms with E-state index in [1.807, 2.05) is 18.2 Å². The number of hydrogen-bond acceptors (Lipinski definition) is 5.